The van der Waals surface area contributed by atoms with Crippen LogP contribution in [0.25, 0.3) is 0 Å². The minimum Gasteiger partial charge on any atom is -0.380 e. The third-order valence-electron chi connectivity index (χ3n) is 0.747. The lowest BCUT2D eigenvalue weighted by Gasteiger charge is -1.76. The molecule has 0 aliphatic heterocycles. The molecule has 1 aromatic heterocycles. The van der Waals surface area contributed by atoms with E-state index >= 15 is 0 Å². The van der Waals surface area contributed by atoms with Crippen molar-refractivity contribution in [1.82, 2.24) is 10.2 Å². The number of hydrogen-bond acceptors (Lipinski definition) is 4. The molecule has 0 aliphatic rings. The van der Waals surface area contributed by atoms with Gasteiger partial charge in [-0.3, -0.25) is 5.10 Å². The van der Waals surface area contributed by atoms with Crippen LogP contribution >= 0.6 is 0 Å². The smallest absolute Gasteiger partial charge is 0.174 e. The fourth-order valence-corrected chi connectivity index (χ4v) is 0.367. The zero-order chi connectivity index (χ0) is 5.98. The van der Waals surface area contributed by atoms with Gasteiger partial charge in [0.1, 0.15) is 0 Å². The first-order valence-electron chi connectivity index (χ1n) is 1.97. The molecule has 1 heterocycles. The Kier molecular flexibility index (Phi) is 0.957. The molecule has 0 spiro atoms. The number of hydrogen-bond donors (Lipinski definition) is 2. The van der Waals surface area contributed by atoms with Crippen molar-refractivity contribution in [2.24, 2.45) is 5.18 Å². The molecule has 0 saturated carbocycles. The number of nitrogens with one attached hydrogen (secondary N) is 1. The molecule has 5 heteroatoms. The maximum atomic E-state index is 9.70. The highest BCUT2D eigenvalue weighted by Gasteiger charge is 1.97. The lowest BCUT2D eigenvalue weighted by atomic mass is 10.5. The first-order chi connectivity index (χ1) is 3.84. The monoisotopic (exact) mass is 112 g/mol. The molecule has 0 saturated heterocycles. The van der Waals surface area contributed by atoms with Gasteiger partial charge < -0.3 is 5.73 Å². The molecule has 0 atom stereocenters. The summed E-state index contributed by atoms with van der Waals surface area (Å²) in [6.07, 6.45) is 1.34. The summed E-state index contributed by atoms with van der Waals surface area (Å²) in [7, 11) is 0. The lowest BCUT2D eigenvalue weighted by Crippen LogP contribution is -1.82. The first-order valence-corrected chi connectivity index (χ1v) is 1.97. The minimum atomic E-state index is 0.139. The summed E-state index contributed by atoms with van der Waals surface area (Å²) in [5, 5.41) is 8.39. The molecule has 0 bridgehead atoms. The predicted octanol–water partition coefficient (Wildman–Crippen LogP) is 0.390. The van der Waals surface area contributed by atoms with Crippen molar-refractivity contribution < 1.29 is 0 Å². The summed E-state index contributed by atoms with van der Waals surface area (Å²) < 4.78 is 0. The fourth-order valence-electron chi connectivity index (χ4n) is 0.367. The largest absolute Gasteiger partial charge is 0.380 e. The van der Waals surface area contributed by atoms with E-state index in [-0.39, 0.29) is 11.5 Å². The molecule has 0 amide bonds. The van der Waals surface area contributed by atoms with Gasteiger partial charge in [0.15, 0.2) is 11.5 Å². The van der Waals surface area contributed by atoms with Crippen molar-refractivity contribution >= 4 is 11.5 Å². The van der Waals surface area contributed by atoms with Gasteiger partial charge >= 0.3 is 0 Å². The van der Waals surface area contributed by atoms with E-state index in [2.05, 4.69) is 15.4 Å². The summed E-state index contributed by atoms with van der Waals surface area (Å²) in [5.41, 5.74) is 5.27. The predicted molar refractivity (Wildman–Crippen MR) is 28.5 cm³/mol. The van der Waals surface area contributed by atoms with Crippen LogP contribution < -0.4 is 5.73 Å². The van der Waals surface area contributed by atoms with Crippen LogP contribution in [0.3, 0.4) is 0 Å². The van der Waals surface area contributed by atoms with E-state index < -0.39 is 0 Å². The van der Waals surface area contributed by atoms with Gasteiger partial charge in [0.25, 0.3) is 0 Å². The average molecular weight is 112 g/mol. The van der Waals surface area contributed by atoms with Gasteiger partial charge in [-0.15, -0.1) is 4.91 Å². The molecular formula is C3H4N4O. The summed E-state index contributed by atoms with van der Waals surface area (Å²) in [6.45, 7) is 0. The van der Waals surface area contributed by atoms with Gasteiger partial charge in [0, 0.05) is 0 Å². The van der Waals surface area contributed by atoms with Gasteiger partial charge in [-0.25, -0.2) is 0 Å². The second-order valence-electron chi connectivity index (χ2n) is 1.25. The van der Waals surface area contributed by atoms with Gasteiger partial charge in [0.05, 0.1) is 6.20 Å². The lowest BCUT2D eigenvalue weighted by molar-refractivity contribution is 1.10. The number of nitrogen functional groups attached to an aromatic ring is 1. The number of aromatic amines is 1. The van der Waals surface area contributed by atoms with E-state index in [1.807, 2.05) is 0 Å². The van der Waals surface area contributed by atoms with Crippen LogP contribution in [0.1, 0.15) is 0 Å². The molecule has 42 valence electrons. The van der Waals surface area contributed by atoms with E-state index in [1.54, 1.807) is 0 Å². The zero-order valence-corrected chi connectivity index (χ0v) is 3.96. The number of H-pyrrole nitrogens is 1. The summed E-state index contributed by atoms with van der Waals surface area (Å²) in [6, 6.07) is 0. The van der Waals surface area contributed by atoms with Crippen molar-refractivity contribution in [3.8, 4) is 0 Å². The Labute approximate surface area is 44.9 Å². The molecule has 0 aromatic carbocycles. The summed E-state index contributed by atoms with van der Waals surface area (Å²) in [4.78, 5) is 9.70. The SMILES string of the molecule is Nc1n[nH]cc1N=O. The van der Waals surface area contributed by atoms with Crippen LogP contribution in [-0.4, -0.2) is 10.2 Å². The third kappa shape index (κ3) is 0.534. The molecule has 3 N–H and O–H groups in total. The van der Waals surface area contributed by atoms with E-state index in [0.717, 1.165) is 0 Å². The molecule has 0 radical (unpaired) electrons. The van der Waals surface area contributed by atoms with E-state index in [1.165, 1.54) is 6.20 Å². The standard InChI is InChI=1S/C3H4N4O/c4-3-2(7-8)1-5-6-3/h1H,(H3,4,5,6). The molecule has 0 aliphatic carbocycles. The molecule has 1 aromatic rings. The number of nitrogens with two attached hydrogens (primary N) is 1. The first kappa shape index (κ1) is 4.76. The quantitative estimate of drug-likeness (QED) is 0.515. The van der Waals surface area contributed by atoms with Gasteiger partial charge in [-0.1, -0.05) is 0 Å². The highest BCUT2D eigenvalue weighted by atomic mass is 16.3. The minimum absolute atomic E-state index is 0.139. The Morgan fingerprint density at radius 2 is 2.62 bits per heavy atom. The van der Waals surface area contributed by atoms with Crippen molar-refractivity contribution in [1.29, 1.82) is 0 Å². The van der Waals surface area contributed by atoms with Crippen LogP contribution in [0.2, 0.25) is 0 Å². The van der Waals surface area contributed by atoms with Crippen molar-refractivity contribution in [2.45, 2.75) is 0 Å². The maximum Gasteiger partial charge on any atom is 0.174 e. The number of aromatic nitrogens is 2. The normalized spacial score (nSPS) is 9.00. The molecule has 0 fully saturated rings. The Morgan fingerprint density at radius 3 is 2.88 bits per heavy atom. The molecular weight excluding hydrogens is 108 g/mol. The van der Waals surface area contributed by atoms with E-state index in [9.17, 15) is 4.91 Å². The maximum absolute atomic E-state index is 9.70. The van der Waals surface area contributed by atoms with Crippen molar-refractivity contribution in [2.75, 3.05) is 5.73 Å². The Hall–Kier alpha value is -1.39. The Morgan fingerprint density at radius 1 is 1.88 bits per heavy atom. The fraction of sp³-hybridized carbons (Fsp3) is 0. The second kappa shape index (κ2) is 1.61. The molecule has 5 nitrogen and oxygen atoms in total. The average Bonchev–Trinajstić information content (AvgIpc) is 2.14. The van der Waals surface area contributed by atoms with Crippen LogP contribution in [0.15, 0.2) is 11.4 Å². The molecule has 8 heavy (non-hydrogen) atoms. The Balaban J connectivity index is 3.09. The highest BCUT2D eigenvalue weighted by Crippen LogP contribution is 2.15. The van der Waals surface area contributed by atoms with Crippen LogP contribution in [-0.2, 0) is 0 Å². The Bertz CT molecular complexity index is 193. The van der Waals surface area contributed by atoms with Gasteiger partial charge in [-0.2, -0.15) is 5.10 Å². The summed E-state index contributed by atoms with van der Waals surface area (Å²) in [5.74, 6) is 0.139. The topological polar surface area (TPSA) is 84.1 Å². The summed E-state index contributed by atoms with van der Waals surface area (Å²) >= 11 is 0. The van der Waals surface area contributed by atoms with Gasteiger partial charge in [-0.05, 0) is 5.18 Å². The highest BCUT2D eigenvalue weighted by molar-refractivity contribution is 5.54. The van der Waals surface area contributed by atoms with Crippen molar-refractivity contribution in [3.05, 3.63) is 11.1 Å². The third-order valence-corrected chi connectivity index (χ3v) is 0.747. The van der Waals surface area contributed by atoms with Crippen LogP contribution in [0.4, 0.5) is 11.5 Å². The molecule has 0 unspecified atom stereocenters. The van der Waals surface area contributed by atoms with Gasteiger partial charge in [0.2, 0.25) is 0 Å². The van der Waals surface area contributed by atoms with Crippen LogP contribution in [0, 0.1) is 4.91 Å². The van der Waals surface area contributed by atoms with E-state index in [4.69, 9.17) is 5.73 Å². The second-order valence-corrected chi connectivity index (χ2v) is 1.25. The van der Waals surface area contributed by atoms with Crippen LogP contribution in [0.5, 0.6) is 0 Å². The number of nitrogens with zero attached hydrogens (tertiary/aromatic N) is 2. The van der Waals surface area contributed by atoms with E-state index in [0.29, 0.717) is 0 Å². The van der Waals surface area contributed by atoms with Crippen molar-refractivity contribution in [3.63, 3.8) is 0 Å². The molecule has 1 rings (SSSR count). The number of anilines is 1. The number of rotatable bonds is 1. The number of nitroso groups, excluding NO2 is 1. The zero-order valence-electron chi connectivity index (χ0n) is 3.96.